The highest BCUT2D eigenvalue weighted by atomic mass is 32.1. The monoisotopic (exact) mass is 301 g/mol. The molecule has 0 aliphatic heterocycles. The first-order chi connectivity index (χ1) is 10.1. The van der Waals surface area contributed by atoms with Gasteiger partial charge in [0.1, 0.15) is 0 Å². The van der Waals surface area contributed by atoms with Crippen molar-refractivity contribution in [1.82, 2.24) is 9.97 Å². The number of thiophene rings is 1. The lowest BCUT2D eigenvalue weighted by Gasteiger charge is -2.03. The lowest BCUT2D eigenvalue weighted by molar-refractivity contribution is 0.103. The fourth-order valence-electron chi connectivity index (χ4n) is 2.29. The van der Waals surface area contributed by atoms with E-state index >= 15 is 0 Å². The van der Waals surface area contributed by atoms with Crippen LogP contribution < -0.4 is 11.0 Å². The average molecular weight is 301 g/mol. The molecule has 0 aliphatic carbocycles. The summed E-state index contributed by atoms with van der Waals surface area (Å²) >= 11 is 1.52. The van der Waals surface area contributed by atoms with Crippen LogP contribution in [0.3, 0.4) is 0 Å². The van der Waals surface area contributed by atoms with Crippen LogP contribution in [-0.2, 0) is 6.42 Å². The maximum Gasteiger partial charge on any atom is 0.323 e. The SMILES string of the molecule is CCc1sc(C(=O)Nc2ccc3[nH]c(=O)[nH]c3c2)cc1C. The van der Waals surface area contributed by atoms with E-state index in [4.69, 9.17) is 0 Å². The van der Waals surface area contributed by atoms with E-state index in [9.17, 15) is 9.59 Å². The molecule has 0 atom stereocenters. The van der Waals surface area contributed by atoms with E-state index in [1.54, 1.807) is 18.2 Å². The molecule has 0 aliphatic rings. The van der Waals surface area contributed by atoms with Gasteiger partial charge in [-0.05, 0) is 43.2 Å². The Balaban J connectivity index is 1.86. The molecule has 108 valence electrons. The van der Waals surface area contributed by atoms with Crippen molar-refractivity contribution in [2.75, 3.05) is 5.32 Å². The molecule has 0 unspecified atom stereocenters. The van der Waals surface area contributed by atoms with Gasteiger partial charge in [0, 0.05) is 10.6 Å². The van der Waals surface area contributed by atoms with Crippen LogP contribution in [0.15, 0.2) is 29.1 Å². The van der Waals surface area contributed by atoms with Crippen molar-refractivity contribution < 1.29 is 4.79 Å². The molecule has 0 saturated carbocycles. The van der Waals surface area contributed by atoms with Gasteiger partial charge >= 0.3 is 5.69 Å². The van der Waals surface area contributed by atoms with Crippen LogP contribution >= 0.6 is 11.3 Å². The number of fused-ring (bicyclic) bond motifs is 1. The number of rotatable bonds is 3. The van der Waals surface area contributed by atoms with Gasteiger partial charge in [-0.25, -0.2) is 4.79 Å². The van der Waals surface area contributed by atoms with Crippen LogP contribution in [0.5, 0.6) is 0 Å². The number of aryl methyl sites for hydroxylation is 2. The molecule has 2 heterocycles. The number of benzene rings is 1. The number of anilines is 1. The highest BCUT2D eigenvalue weighted by Gasteiger charge is 2.12. The van der Waals surface area contributed by atoms with Gasteiger partial charge in [-0.2, -0.15) is 0 Å². The van der Waals surface area contributed by atoms with E-state index < -0.39 is 0 Å². The van der Waals surface area contributed by atoms with Gasteiger partial charge in [-0.15, -0.1) is 11.3 Å². The molecular formula is C15H15N3O2S. The summed E-state index contributed by atoms with van der Waals surface area (Å²) < 4.78 is 0. The highest BCUT2D eigenvalue weighted by Crippen LogP contribution is 2.23. The second kappa shape index (κ2) is 5.21. The van der Waals surface area contributed by atoms with E-state index in [-0.39, 0.29) is 11.6 Å². The number of aromatic amines is 2. The molecule has 6 heteroatoms. The Morgan fingerprint density at radius 3 is 2.71 bits per heavy atom. The van der Waals surface area contributed by atoms with Crippen molar-refractivity contribution in [3.63, 3.8) is 0 Å². The zero-order valence-electron chi connectivity index (χ0n) is 11.7. The van der Waals surface area contributed by atoms with Gasteiger partial charge in [0.25, 0.3) is 5.91 Å². The van der Waals surface area contributed by atoms with Crippen molar-refractivity contribution in [3.05, 3.63) is 50.1 Å². The van der Waals surface area contributed by atoms with Crippen molar-refractivity contribution in [2.45, 2.75) is 20.3 Å². The standard InChI is InChI=1S/C15H15N3O2S/c1-3-12-8(2)6-13(21-12)14(19)16-9-4-5-10-11(7-9)18-15(20)17-10/h4-7H,3H2,1-2H3,(H,16,19)(H2,17,18,20). The topological polar surface area (TPSA) is 77.8 Å². The van der Waals surface area contributed by atoms with Gasteiger partial charge in [0.05, 0.1) is 15.9 Å². The van der Waals surface area contributed by atoms with Crippen molar-refractivity contribution >= 4 is 34.0 Å². The van der Waals surface area contributed by atoms with Crippen LogP contribution in [0.25, 0.3) is 11.0 Å². The van der Waals surface area contributed by atoms with Crippen molar-refractivity contribution in [3.8, 4) is 0 Å². The van der Waals surface area contributed by atoms with Gasteiger partial charge in [-0.1, -0.05) is 6.92 Å². The summed E-state index contributed by atoms with van der Waals surface area (Å²) in [6.07, 6.45) is 0.931. The first-order valence-electron chi connectivity index (χ1n) is 6.69. The van der Waals surface area contributed by atoms with Gasteiger partial charge in [0.15, 0.2) is 0 Å². The molecular weight excluding hydrogens is 286 g/mol. The lowest BCUT2D eigenvalue weighted by Crippen LogP contribution is -2.09. The second-order valence-corrected chi connectivity index (χ2v) is 6.00. The minimum absolute atomic E-state index is 0.125. The molecule has 1 amide bonds. The molecule has 0 fully saturated rings. The fraction of sp³-hybridized carbons (Fsp3) is 0.200. The first-order valence-corrected chi connectivity index (χ1v) is 7.51. The van der Waals surface area contributed by atoms with Crippen molar-refractivity contribution in [2.24, 2.45) is 0 Å². The molecule has 2 aromatic heterocycles. The smallest absolute Gasteiger partial charge is 0.321 e. The molecule has 5 nitrogen and oxygen atoms in total. The Kier molecular flexibility index (Phi) is 3.39. The Morgan fingerprint density at radius 1 is 1.24 bits per heavy atom. The van der Waals surface area contributed by atoms with Gasteiger partial charge in [-0.3, -0.25) is 4.79 Å². The molecule has 0 radical (unpaired) electrons. The van der Waals surface area contributed by atoms with Crippen LogP contribution in [0.2, 0.25) is 0 Å². The minimum Gasteiger partial charge on any atom is -0.321 e. The number of nitrogens with one attached hydrogen (secondary N) is 3. The Labute approximate surface area is 125 Å². The van der Waals surface area contributed by atoms with Gasteiger partial charge in [0.2, 0.25) is 0 Å². The van der Waals surface area contributed by atoms with E-state index in [2.05, 4.69) is 22.2 Å². The third-order valence-corrected chi connectivity index (χ3v) is 4.72. The Morgan fingerprint density at radius 2 is 2.00 bits per heavy atom. The summed E-state index contributed by atoms with van der Waals surface area (Å²) in [5, 5.41) is 2.86. The molecule has 0 spiro atoms. The molecule has 3 rings (SSSR count). The Hall–Kier alpha value is -2.34. The highest BCUT2D eigenvalue weighted by molar-refractivity contribution is 7.14. The zero-order chi connectivity index (χ0) is 15.0. The number of hydrogen-bond donors (Lipinski definition) is 3. The molecule has 3 aromatic rings. The van der Waals surface area contributed by atoms with E-state index in [0.717, 1.165) is 17.5 Å². The van der Waals surface area contributed by atoms with Crippen LogP contribution in [0.1, 0.15) is 27.0 Å². The second-order valence-electron chi connectivity index (χ2n) is 4.86. The minimum atomic E-state index is -0.255. The average Bonchev–Trinajstić information content (AvgIpc) is 3.00. The summed E-state index contributed by atoms with van der Waals surface area (Å²) in [7, 11) is 0. The predicted molar refractivity (Wildman–Crippen MR) is 85.3 cm³/mol. The molecule has 3 N–H and O–H groups in total. The lowest BCUT2D eigenvalue weighted by atomic mass is 10.2. The zero-order valence-corrected chi connectivity index (χ0v) is 12.6. The van der Waals surface area contributed by atoms with Crippen LogP contribution in [0.4, 0.5) is 5.69 Å². The molecule has 0 bridgehead atoms. The number of amides is 1. The number of carbonyl (C=O) groups excluding carboxylic acids is 1. The summed E-state index contributed by atoms with van der Waals surface area (Å²) in [6.45, 7) is 4.10. The fourth-order valence-corrected chi connectivity index (χ4v) is 3.29. The third-order valence-electron chi connectivity index (χ3n) is 3.34. The van der Waals surface area contributed by atoms with E-state index in [0.29, 0.717) is 16.1 Å². The maximum atomic E-state index is 12.3. The summed E-state index contributed by atoms with van der Waals surface area (Å²) in [5.41, 5.74) is 2.95. The third kappa shape index (κ3) is 2.62. The van der Waals surface area contributed by atoms with Crippen molar-refractivity contribution in [1.29, 1.82) is 0 Å². The number of imidazole rings is 1. The normalized spacial score (nSPS) is 11.0. The summed E-state index contributed by atoms with van der Waals surface area (Å²) in [6, 6.07) is 7.19. The number of aromatic nitrogens is 2. The number of hydrogen-bond acceptors (Lipinski definition) is 3. The summed E-state index contributed by atoms with van der Waals surface area (Å²) in [4.78, 5) is 30.7. The molecule has 1 aromatic carbocycles. The van der Waals surface area contributed by atoms with E-state index in [1.807, 2.05) is 13.0 Å². The van der Waals surface area contributed by atoms with Crippen LogP contribution in [0, 0.1) is 6.92 Å². The molecule has 21 heavy (non-hydrogen) atoms. The predicted octanol–water partition coefficient (Wildman–Crippen LogP) is 3.04. The van der Waals surface area contributed by atoms with Crippen LogP contribution in [-0.4, -0.2) is 15.9 Å². The summed E-state index contributed by atoms with van der Waals surface area (Å²) in [5.74, 6) is -0.125. The maximum absolute atomic E-state index is 12.3. The van der Waals surface area contributed by atoms with Gasteiger partial charge < -0.3 is 15.3 Å². The quantitative estimate of drug-likeness (QED) is 0.695. The number of carbonyl (C=O) groups is 1. The van der Waals surface area contributed by atoms with E-state index in [1.165, 1.54) is 16.2 Å². The largest absolute Gasteiger partial charge is 0.323 e. The molecule has 0 saturated heterocycles. The number of H-pyrrole nitrogens is 2. The Bertz CT molecular complexity index is 873. The first kappa shape index (κ1) is 13.6.